The van der Waals surface area contributed by atoms with Crippen LogP contribution in [0.15, 0.2) is 42.7 Å². The molecule has 128 valence electrons. The summed E-state index contributed by atoms with van der Waals surface area (Å²) in [4.78, 5) is 23.2. The first kappa shape index (κ1) is 16.7. The zero-order chi connectivity index (χ0) is 16.9. The number of hydrogen-bond acceptors (Lipinski definition) is 4. The van der Waals surface area contributed by atoms with Gasteiger partial charge in [0.25, 0.3) is 0 Å². The number of likely N-dealkylation sites (N-methyl/N-ethyl adjacent to an activating group) is 1. The van der Waals surface area contributed by atoms with Gasteiger partial charge in [-0.2, -0.15) is 0 Å². The van der Waals surface area contributed by atoms with E-state index in [1.165, 1.54) is 0 Å². The normalized spacial score (nSPS) is 16.2. The maximum atomic E-state index is 12.5. The maximum Gasteiger partial charge on any atom is 0.240 e. The number of carbonyl (C=O) groups excluding carboxylic acids is 1. The number of anilines is 1. The first-order chi connectivity index (χ1) is 11.6. The summed E-state index contributed by atoms with van der Waals surface area (Å²) in [5.41, 5.74) is 0.941. The third-order valence-corrected chi connectivity index (χ3v) is 4.63. The first-order valence-corrected chi connectivity index (χ1v) is 8.36. The highest BCUT2D eigenvalue weighted by Gasteiger charge is 2.21. The molecule has 24 heavy (non-hydrogen) atoms. The fourth-order valence-corrected chi connectivity index (χ4v) is 2.95. The molecule has 1 aromatic heterocycles. The number of hydrogen-bond donors (Lipinski definition) is 0. The van der Waals surface area contributed by atoms with Crippen molar-refractivity contribution in [3.05, 3.63) is 48.5 Å². The molecule has 0 N–H and O–H groups in total. The third kappa shape index (κ3) is 4.01. The van der Waals surface area contributed by atoms with Crippen LogP contribution in [0.5, 0.6) is 0 Å². The van der Waals surface area contributed by atoms with Gasteiger partial charge in [0.1, 0.15) is 5.82 Å². The van der Waals surface area contributed by atoms with Crippen molar-refractivity contribution in [2.45, 2.75) is 6.54 Å². The van der Waals surface area contributed by atoms with Gasteiger partial charge in [0.2, 0.25) is 5.91 Å². The summed E-state index contributed by atoms with van der Waals surface area (Å²) in [5, 5.41) is 0. The summed E-state index contributed by atoms with van der Waals surface area (Å²) in [5.74, 6) is 1.22. The minimum Gasteiger partial charge on any atom is -0.337 e. The van der Waals surface area contributed by atoms with Crippen LogP contribution in [0.4, 0.5) is 5.69 Å². The van der Waals surface area contributed by atoms with E-state index in [0.29, 0.717) is 6.54 Å². The predicted octanol–water partition coefficient (Wildman–Crippen LogP) is 1.20. The molecule has 6 heteroatoms. The molecule has 1 aromatic carbocycles. The van der Waals surface area contributed by atoms with Crippen molar-refractivity contribution in [1.82, 2.24) is 19.4 Å². The van der Waals surface area contributed by atoms with E-state index in [1.54, 1.807) is 4.90 Å². The van der Waals surface area contributed by atoms with Gasteiger partial charge in [0.05, 0.1) is 13.1 Å². The van der Waals surface area contributed by atoms with E-state index in [1.807, 2.05) is 56.8 Å². The number of aryl methyl sites for hydroxylation is 1. The van der Waals surface area contributed by atoms with Crippen LogP contribution in [0.1, 0.15) is 5.82 Å². The molecule has 0 saturated carbocycles. The van der Waals surface area contributed by atoms with E-state index in [9.17, 15) is 4.79 Å². The number of nitrogens with zero attached hydrogens (tertiary/aromatic N) is 5. The average Bonchev–Trinajstić information content (AvgIpc) is 3.01. The highest BCUT2D eigenvalue weighted by Crippen LogP contribution is 2.12. The Balaban J connectivity index is 1.47. The number of amides is 1. The monoisotopic (exact) mass is 327 g/mol. The largest absolute Gasteiger partial charge is 0.337 e. The lowest BCUT2D eigenvalue weighted by Crippen LogP contribution is -2.49. The van der Waals surface area contributed by atoms with Gasteiger partial charge < -0.3 is 9.47 Å². The van der Waals surface area contributed by atoms with Crippen LogP contribution in [0.3, 0.4) is 0 Å². The Morgan fingerprint density at radius 1 is 1.12 bits per heavy atom. The number of carbonyl (C=O) groups is 1. The molecule has 1 fully saturated rings. The second kappa shape index (κ2) is 7.59. The lowest BCUT2D eigenvalue weighted by atomic mass is 10.2. The van der Waals surface area contributed by atoms with Crippen LogP contribution in [0.25, 0.3) is 0 Å². The molecule has 0 atom stereocenters. The zero-order valence-electron chi connectivity index (χ0n) is 14.4. The van der Waals surface area contributed by atoms with E-state index in [4.69, 9.17) is 0 Å². The molecule has 3 rings (SSSR count). The predicted molar refractivity (Wildman–Crippen MR) is 94.8 cm³/mol. The molecule has 1 saturated heterocycles. The highest BCUT2D eigenvalue weighted by atomic mass is 16.2. The average molecular weight is 327 g/mol. The molecule has 0 radical (unpaired) electrons. The topological polar surface area (TPSA) is 44.6 Å². The lowest BCUT2D eigenvalue weighted by Gasteiger charge is -2.34. The third-order valence-electron chi connectivity index (χ3n) is 4.63. The van der Waals surface area contributed by atoms with Gasteiger partial charge in [-0.1, -0.05) is 18.2 Å². The summed E-state index contributed by atoms with van der Waals surface area (Å²) >= 11 is 0. The fraction of sp³-hybridized carbons (Fsp3) is 0.444. The summed E-state index contributed by atoms with van der Waals surface area (Å²) in [7, 11) is 3.87. The van der Waals surface area contributed by atoms with Crippen molar-refractivity contribution in [3.8, 4) is 0 Å². The molecule has 1 amide bonds. The Bertz CT molecular complexity index is 661. The Morgan fingerprint density at radius 3 is 2.42 bits per heavy atom. The number of aromatic nitrogens is 2. The van der Waals surface area contributed by atoms with E-state index >= 15 is 0 Å². The van der Waals surface area contributed by atoms with Crippen LogP contribution in [-0.2, 0) is 18.4 Å². The Morgan fingerprint density at radius 2 is 1.79 bits per heavy atom. The molecule has 6 nitrogen and oxygen atoms in total. The summed E-state index contributed by atoms with van der Waals surface area (Å²) in [6.07, 6.45) is 3.81. The van der Waals surface area contributed by atoms with Crippen molar-refractivity contribution < 1.29 is 4.79 Å². The van der Waals surface area contributed by atoms with Crippen molar-refractivity contribution in [1.29, 1.82) is 0 Å². The first-order valence-electron chi connectivity index (χ1n) is 8.36. The summed E-state index contributed by atoms with van der Waals surface area (Å²) in [6, 6.07) is 9.79. The van der Waals surface area contributed by atoms with Crippen molar-refractivity contribution >= 4 is 11.6 Å². The number of benzene rings is 1. The molecule has 1 aliphatic rings. The van der Waals surface area contributed by atoms with Gasteiger partial charge in [-0.15, -0.1) is 0 Å². The summed E-state index contributed by atoms with van der Waals surface area (Å²) < 4.78 is 2.06. The maximum absolute atomic E-state index is 12.5. The minimum absolute atomic E-state index is 0.138. The van der Waals surface area contributed by atoms with E-state index in [0.717, 1.165) is 44.2 Å². The zero-order valence-corrected chi connectivity index (χ0v) is 14.4. The van der Waals surface area contributed by atoms with E-state index in [-0.39, 0.29) is 5.91 Å². The second-order valence-corrected chi connectivity index (χ2v) is 6.29. The van der Waals surface area contributed by atoms with Crippen molar-refractivity contribution in [3.63, 3.8) is 0 Å². The van der Waals surface area contributed by atoms with Crippen molar-refractivity contribution in [2.24, 2.45) is 7.05 Å². The van der Waals surface area contributed by atoms with Crippen LogP contribution in [-0.4, -0.2) is 65.0 Å². The second-order valence-electron chi connectivity index (χ2n) is 6.29. The van der Waals surface area contributed by atoms with Gasteiger partial charge >= 0.3 is 0 Å². The molecule has 2 heterocycles. The standard InChI is InChI=1S/C18H25N5O/c1-20-9-8-19-17(20)14-22-10-12-23(13-11-22)15-18(24)21(2)16-6-4-3-5-7-16/h3-9H,10-15H2,1-2H3. The smallest absolute Gasteiger partial charge is 0.240 e. The van der Waals surface area contributed by atoms with Crippen LogP contribution >= 0.6 is 0 Å². The lowest BCUT2D eigenvalue weighted by molar-refractivity contribution is -0.119. The van der Waals surface area contributed by atoms with Crippen LogP contribution < -0.4 is 4.90 Å². The highest BCUT2D eigenvalue weighted by molar-refractivity contribution is 5.94. The van der Waals surface area contributed by atoms with Crippen molar-refractivity contribution in [2.75, 3.05) is 44.7 Å². The number of rotatable bonds is 5. The SMILES string of the molecule is CN(C(=O)CN1CCN(Cc2nccn2C)CC1)c1ccccc1. The van der Waals surface area contributed by atoms with Gasteiger partial charge in [-0.05, 0) is 12.1 Å². The van der Waals surface area contributed by atoms with Gasteiger partial charge in [0.15, 0.2) is 0 Å². The van der Waals surface area contributed by atoms with Crippen LogP contribution in [0.2, 0.25) is 0 Å². The number of piperazine rings is 1. The molecule has 0 aliphatic carbocycles. The molecule has 0 unspecified atom stereocenters. The van der Waals surface area contributed by atoms with Gasteiger partial charge in [-0.25, -0.2) is 4.98 Å². The quantitative estimate of drug-likeness (QED) is 0.828. The molecule has 2 aromatic rings. The number of imidazole rings is 1. The molecule has 0 spiro atoms. The molecule has 1 aliphatic heterocycles. The Kier molecular flexibility index (Phi) is 5.27. The van der Waals surface area contributed by atoms with Gasteiger partial charge in [-0.3, -0.25) is 14.6 Å². The summed E-state index contributed by atoms with van der Waals surface area (Å²) in [6.45, 7) is 5.11. The molecular formula is C18H25N5O. The van der Waals surface area contributed by atoms with E-state index < -0.39 is 0 Å². The minimum atomic E-state index is 0.138. The number of para-hydroxylation sites is 1. The molecular weight excluding hydrogens is 302 g/mol. The Hall–Kier alpha value is -2.18. The fourth-order valence-electron chi connectivity index (χ4n) is 2.95. The van der Waals surface area contributed by atoms with Crippen LogP contribution in [0, 0.1) is 0 Å². The molecule has 0 bridgehead atoms. The van der Waals surface area contributed by atoms with E-state index in [2.05, 4.69) is 19.4 Å². The van der Waals surface area contributed by atoms with Gasteiger partial charge in [0, 0.05) is 58.4 Å². The Labute approximate surface area is 143 Å².